The molecule has 2 rings (SSSR count). The van der Waals surface area contributed by atoms with Crippen LogP contribution in [0.3, 0.4) is 0 Å². The van der Waals surface area contributed by atoms with Crippen LogP contribution >= 0.6 is 0 Å². The first-order valence-corrected chi connectivity index (χ1v) is 5.44. The summed E-state index contributed by atoms with van der Waals surface area (Å²) in [6, 6.07) is 11.1. The highest BCUT2D eigenvalue weighted by Gasteiger charge is 2.03. The zero-order chi connectivity index (χ0) is 13.0. The predicted molar refractivity (Wildman–Crippen MR) is 71.5 cm³/mol. The van der Waals surface area contributed by atoms with Crippen molar-refractivity contribution < 1.29 is 9.47 Å². The third-order valence-electron chi connectivity index (χ3n) is 2.43. The Morgan fingerprint density at radius 1 is 1.11 bits per heavy atom. The largest absolute Gasteiger partial charge is 0.497 e. The number of pyridine rings is 1. The van der Waals surface area contributed by atoms with Gasteiger partial charge >= 0.3 is 0 Å². The van der Waals surface area contributed by atoms with Gasteiger partial charge in [-0.2, -0.15) is 4.98 Å². The minimum Gasteiger partial charge on any atom is -0.497 e. The van der Waals surface area contributed by atoms with E-state index in [9.17, 15) is 0 Å². The van der Waals surface area contributed by atoms with E-state index < -0.39 is 0 Å². The van der Waals surface area contributed by atoms with Crippen LogP contribution in [0, 0.1) is 0 Å². The number of ether oxygens (including phenoxy) is 2. The molecule has 5 heteroatoms. The van der Waals surface area contributed by atoms with Gasteiger partial charge in [-0.25, -0.2) is 0 Å². The first-order valence-electron chi connectivity index (χ1n) is 5.44. The van der Waals surface area contributed by atoms with E-state index in [1.165, 1.54) is 7.11 Å². The van der Waals surface area contributed by atoms with Gasteiger partial charge in [0.15, 0.2) is 0 Å². The van der Waals surface area contributed by atoms with Crippen LogP contribution in [0.15, 0.2) is 36.4 Å². The molecule has 94 valence electrons. The fraction of sp³-hybridized carbons (Fsp3) is 0.154. The highest BCUT2D eigenvalue weighted by atomic mass is 16.5. The lowest BCUT2D eigenvalue weighted by Gasteiger charge is -2.09. The lowest BCUT2D eigenvalue weighted by Crippen LogP contribution is -1.99. The quantitative estimate of drug-likeness (QED) is 0.865. The Kier molecular flexibility index (Phi) is 3.52. The van der Waals surface area contributed by atoms with Crippen molar-refractivity contribution in [3.63, 3.8) is 0 Å². The summed E-state index contributed by atoms with van der Waals surface area (Å²) in [5.74, 6) is 1.85. The van der Waals surface area contributed by atoms with Gasteiger partial charge in [0, 0.05) is 11.8 Å². The molecule has 0 atom stereocenters. The molecule has 0 saturated heterocycles. The van der Waals surface area contributed by atoms with Crippen molar-refractivity contribution in [2.24, 2.45) is 0 Å². The molecule has 0 radical (unpaired) electrons. The van der Waals surface area contributed by atoms with Crippen LogP contribution in [0.2, 0.25) is 0 Å². The van der Waals surface area contributed by atoms with Crippen LogP contribution in [0.25, 0.3) is 0 Å². The number of hydrogen-bond acceptors (Lipinski definition) is 5. The maximum Gasteiger partial charge on any atom is 0.238 e. The van der Waals surface area contributed by atoms with Crippen LogP contribution in [0.4, 0.5) is 17.2 Å². The maximum atomic E-state index is 5.70. The SMILES string of the molecule is COc1cccc(Nc2ccc(N)c(OC)n2)c1. The molecular weight excluding hydrogens is 230 g/mol. The summed E-state index contributed by atoms with van der Waals surface area (Å²) in [4.78, 5) is 4.24. The molecule has 3 N–H and O–H groups in total. The molecule has 0 saturated carbocycles. The third-order valence-corrected chi connectivity index (χ3v) is 2.43. The molecule has 0 bridgehead atoms. The lowest BCUT2D eigenvalue weighted by molar-refractivity contribution is 0.401. The normalized spacial score (nSPS) is 9.89. The number of nitrogen functional groups attached to an aromatic ring is 1. The summed E-state index contributed by atoms with van der Waals surface area (Å²) in [5, 5.41) is 3.15. The average Bonchev–Trinajstić information content (AvgIpc) is 2.41. The monoisotopic (exact) mass is 245 g/mol. The van der Waals surface area contributed by atoms with Crippen LogP contribution < -0.4 is 20.5 Å². The van der Waals surface area contributed by atoms with Crippen molar-refractivity contribution >= 4 is 17.2 Å². The number of nitrogens with two attached hydrogens (primary N) is 1. The summed E-state index contributed by atoms with van der Waals surface area (Å²) in [6.45, 7) is 0. The highest BCUT2D eigenvalue weighted by Crippen LogP contribution is 2.24. The maximum absolute atomic E-state index is 5.70. The van der Waals surface area contributed by atoms with Gasteiger partial charge in [-0.3, -0.25) is 0 Å². The first-order chi connectivity index (χ1) is 8.72. The van der Waals surface area contributed by atoms with E-state index in [0.29, 0.717) is 17.4 Å². The number of benzene rings is 1. The van der Waals surface area contributed by atoms with Gasteiger partial charge in [-0.1, -0.05) is 6.07 Å². The molecular formula is C13H15N3O2. The molecule has 0 unspecified atom stereocenters. The Bertz CT molecular complexity index is 544. The van der Waals surface area contributed by atoms with Crippen molar-refractivity contribution in [3.8, 4) is 11.6 Å². The Hall–Kier alpha value is -2.43. The van der Waals surface area contributed by atoms with Crippen molar-refractivity contribution in [2.45, 2.75) is 0 Å². The Balaban J connectivity index is 2.22. The molecule has 1 heterocycles. The summed E-state index contributed by atoms with van der Waals surface area (Å²) >= 11 is 0. The molecule has 2 aromatic rings. The number of hydrogen-bond donors (Lipinski definition) is 2. The number of aromatic nitrogens is 1. The van der Waals surface area contributed by atoms with Crippen molar-refractivity contribution in [1.29, 1.82) is 0 Å². The van der Waals surface area contributed by atoms with E-state index in [0.717, 1.165) is 11.4 Å². The van der Waals surface area contributed by atoms with Gasteiger partial charge in [-0.15, -0.1) is 0 Å². The Labute approximate surface area is 106 Å². The second-order valence-electron chi connectivity index (χ2n) is 3.65. The zero-order valence-corrected chi connectivity index (χ0v) is 10.3. The zero-order valence-electron chi connectivity index (χ0n) is 10.3. The highest BCUT2D eigenvalue weighted by molar-refractivity contribution is 5.61. The van der Waals surface area contributed by atoms with Crippen LogP contribution in [0.1, 0.15) is 0 Å². The Morgan fingerprint density at radius 3 is 2.67 bits per heavy atom. The molecule has 1 aromatic carbocycles. The average molecular weight is 245 g/mol. The number of nitrogens with zero attached hydrogens (tertiary/aromatic N) is 1. The van der Waals surface area contributed by atoms with E-state index >= 15 is 0 Å². The van der Waals surface area contributed by atoms with Crippen molar-refractivity contribution in [3.05, 3.63) is 36.4 Å². The molecule has 0 aliphatic carbocycles. The van der Waals surface area contributed by atoms with Gasteiger partial charge in [0.25, 0.3) is 0 Å². The minimum absolute atomic E-state index is 0.405. The van der Waals surface area contributed by atoms with E-state index in [4.69, 9.17) is 15.2 Å². The van der Waals surface area contributed by atoms with Gasteiger partial charge < -0.3 is 20.5 Å². The fourth-order valence-corrected chi connectivity index (χ4v) is 1.53. The lowest BCUT2D eigenvalue weighted by atomic mass is 10.3. The van der Waals surface area contributed by atoms with Crippen LogP contribution in [-0.2, 0) is 0 Å². The standard InChI is InChI=1S/C13H15N3O2/c1-17-10-5-3-4-9(8-10)15-12-7-6-11(14)13(16-12)18-2/h3-8H,14H2,1-2H3,(H,15,16). The number of methoxy groups -OCH3 is 2. The summed E-state index contributed by atoms with van der Waals surface area (Å²) in [6.07, 6.45) is 0. The summed E-state index contributed by atoms with van der Waals surface area (Å²) in [5.41, 5.74) is 7.09. The smallest absolute Gasteiger partial charge is 0.238 e. The van der Waals surface area contributed by atoms with Gasteiger partial charge in [0.05, 0.1) is 19.9 Å². The van der Waals surface area contributed by atoms with Crippen LogP contribution in [0.5, 0.6) is 11.6 Å². The second-order valence-corrected chi connectivity index (χ2v) is 3.65. The molecule has 5 nitrogen and oxygen atoms in total. The van der Waals surface area contributed by atoms with Gasteiger partial charge in [0.2, 0.25) is 5.88 Å². The molecule has 1 aromatic heterocycles. The van der Waals surface area contributed by atoms with E-state index in [1.807, 2.05) is 24.3 Å². The molecule has 0 amide bonds. The minimum atomic E-state index is 0.405. The molecule has 18 heavy (non-hydrogen) atoms. The molecule has 0 fully saturated rings. The van der Waals surface area contributed by atoms with Crippen LogP contribution in [-0.4, -0.2) is 19.2 Å². The van der Waals surface area contributed by atoms with Crippen molar-refractivity contribution in [1.82, 2.24) is 4.98 Å². The van der Waals surface area contributed by atoms with E-state index in [1.54, 1.807) is 19.2 Å². The number of rotatable bonds is 4. The second kappa shape index (κ2) is 5.27. The molecule has 0 aliphatic rings. The fourth-order valence-electron chi connectivity index (χ4n) is 1.53. The van der Waals surface area contributed by atoms with Gasteiger partial charge in [-0.05, 0) is 24.3 Å². The summed E-state index contributed by atoms with van der Waals surface area (Å²) < 4.78 is 10.2. The predicted octanol–water partition coefficient (Wildman–Crippen LogP) is 2.42. The Morgan fingerprint density at radius 2 is 1.94 bits per heavy atom. The van der Waals surface area contributed by atoms with E-state index in [-0.39, 0.29) is 0 Å². The number of nitrogens with one attached hydrogen (secondary N) is 1. The molecule has 0 aliphatic heterocycles. The number of anilines is 3. The van der Waals surface area contributed by atoms with E-state index in [2.05, 4.69) is 10.3 Å². The topological polar surface area (TPSA) is 69.4 Å². The van der Waals surface area contributed by atoms with Crippen molar-refractivity contribution in [2.75, 3.05) is 25.3 Å². The third kappa shape index (κ3) is 2.63. The summed E-state index contributed by atoms with van der Waals surface area (Å²) in [7, 11) is 3.16. The molecule has 0 spiro atoms. The first kappa shape index (κ1) is 12.0. The van der Waals surface area contributed by atoms with Gasteiger partial charge in [0.1, 0.15) is 11.6 Å².